The van der Waals surface area contributed by atoms with Gasteiger partial charge in [-0.2, -0.15) is 0 Å². The molecular weight excluding hydrogens is 877 g/mol. The summed E-state index contributed by atoms with van der Waals surface area (Å²) >= 11 is 0. The minimum Gasteiger partial charge on any atom is -0.462 e. The predicted octanol–water partition coefficient (Wildman–Crippen LogP) is 19.4. The molecule has 0 radical (unpaired) electrons. The average Bonchev–Trinajstić information content (AvgIpc) is 3.37. The summed E-state index contributed by atoms with van der Waals surface area (Å²) in [6.07, 6.45) is 81.8. The number of rotatable bonds is 50. The van der Waals surface area contributed by atoms with Gasteiger partial charge in [0.1, 0.15) is 13.2 Å². The maximum absolute atomic E-state index is 12.9. The SMILES string of the molecule is CC/C=C\C/C=C\C/C=C\C/C=C\C/C=C\CC(=O)OCC(COC(=O)CCCCCCCCCC/C=C\C/C=C\C/C=C\C/C=C\CC)OC(=O)CCCCCCCCC/C=C\C/C=C\CCCCC. The summed E-state index contributed by atoms with van der Waals surface area (Å²) in [5.41, 5.74) is 0. The van der Waals surface area contributed by atoms with Crippen molar-refractivity contribution in [1.29, 1.82) is 0 Å². The van der Waals surface area contributed by atoms with Crippen molar-refractivity contribution in [2.75, 3.05) is 13.2 Å². The molecule has 0 aromatic carbocycles. The third-order valence-corrected chi connectivity index (χ3v) is 11.7. The molecule has 0 aliphatic heterocycles. The second-order valence-electron chi connectivity index (χ2n) is 18.4. The van der Waals surface area contributed by atoms with Gasteiger partial charge in [0.2, 0.25) is 0 Å². The van der Waals surface area contributed by atoms with Gasteiger partial charge in [-0.3, -0.25) is 14.4 Å². The lowest BCUT2D eigenvalue weighted by atomic mass is 10.1. The van der Waals surface area contributed by atoms with E-state index in [0.717, 1.165) is 116 Å². The molecule has 0 heterocycles. The highest BCUT2D eigenvalue weighted by Crippen LogP contribution is 2.14. The van der Waals surface area contributed by atoms with E-state index < -0.39 is 12.1 Å². The van der Waals surface area contributed by atoms with Crippen LogP contribution in [0.5, 0.6) is 0 Å². The van der Waals surface area contributed by atoms with Crippen LogP contribution >= 0.6 is 0 Å². The van der Waals surface area contributed by atoms with E-state index >= 15 is 0 Å². The summed E-state index contributed by atoms with van der Waals surface area (Å²) in [6, 6.07) is 0. The van der Waals surface area contributed by atoms with Gasteiger partial charge in [0.05, 0.1) is 6.42 Å². The Labute approximate surface area is 436 Å². The van der Waals surface area contributed by atoms with Crippen LogP contribution in [0.2, 0.25) is 0 Å². The minimum absolute atomic E-state index is 0.119. The van der Waals surface area contributed by atoms with Gasteiger partial charge in [0.25, 0.3) is 0 Å². The fourth-order valence-corrected chi connectivity index (χ4v) is 7.42. The molecule has 0 amide bonds. The van der Waals surface area contributed by atoms with E-state index in [1.165, 1.54) is 83.5 Å². The largest absolute Gasteiger partial charge is 0.462 e. The summed E-state index contributed by atoms with van der Waals surface area (Å²) in [6.45, 7) is 6.28. The smallest absolute Gasteiger partial charge is 0.309 e. The average molecular weight is 982 g/mol. The van der Waals surface area contributed by atoms with E-state index in [1.54, 1.807) is 6.08 Å². The molecule has 6 heteroatoms. The summed E-state index contributed by atoms with van der Waals surface area (Å²) in [4.78, 5) is 38.1. The third-order valence-electron chi connectivity index (χ3n) is 11.7. The lowest BCUT2D eigenvalue weighted by molar-refractivity contribution is -0.166. The second-order valence-corrected chi connectivity index (χ2v) is 18.4. The first kappa shape index (κ1) is 66.6. The highest BCUT2D eigenvalue weighted by atomic mass is 16.6. The summed E-state index contributed by atoms with van der Waals surface area (Å²) in [5.74, 6) is -1.07. The standard InChI is InChI=1S/C65H104O6/c1-4-7-10-13-16-19-22-25-28-30-31-32-33-35-37-40-43-46-49-52-55-58-64(67)70-61-62(60-69-63(66)57-54-51-48-45-42-39-36-27-24-21-18-15-12-9-6-3)71-65(68)59-56-53-50-47-44-41-38-34-29-26-23-20-17-14-11-8-5-2/h7,9-10,12,16-21,25-29,31-32,36,42,45,51,54,62H,4-6,8,11,13-15,22-24,30,33-35,37-41,43-44,46-50,52-53,55-61H2,1-3H3/b10-7-,12-9-,19-16-,20-17-,21-18-,28-25-,29-26-,32-31-,36-27-,45-42-,54-51-. The van der Waals surface area contributed by atoms with Crippen molar-refractivity contribution in [2.45, 2.75) is 245 Å². The third kappa shape index (κ3) is 56.3. The number of esters is 3. The van der Waals surface area contributed by atoms with Crippen LogP contribution in [0.25, 0.3) is 0 Å². The number of hydrogen-bond acceptors (Lipinski definition) is 6. The number of ether oxygens (including phenoxy) is 3. The summed E-state index contributed by atoms with van der Waals surface area (Å²) in [7, 11) is 0. The topological polar surface area (TPSA) is 78.9 Å². The molecule has 0 rings (SSSR count). The highest BCUT2D eigenvalue weighted by Gasteiger charge is 2.19. The Balaban J connectivity index is 4.51. The van der Waals surface area contributed by atoms with E-state index in [0.29, 0.717) is 12.8 Å². The first-order valence-corrected chi connectivity index (χ1v) is 28.7. The Morgan fingerprint density at radius 3 is 0.986 bits per heavy atom. The fourth-order valence-electron chi connectivity index (χ4n) is 7.42. The monoisotopic (exact) mass is 981 g/mol. The molecule has 0 saturated carbocycles. The van der Waals surface area contributed by atoms with Crippen LogP contribution in [0, 0.1) is 0 Å². The number of allylic oxidation sites excluding steroid dienone is 21. The van der Waals surface area contributed by atoms with Gasteiger partial charge in [-0.05, 0) is 116 Å². The van der Waals surface area contributed by atoms with Crippen LogP contribution in [0.4, 0.5) is 0 Å². The normalized spacial score (nSPS) is 13.1. The van der Waals surface area contributed by atoms with E-state index in [2.05, 4.69) is 142 Å². The van der Waals surface area contributed by atoms with Crippen molar-refractivity contribution >= 4 is 17.9 Å². The zero-order valence-electron chi connectivity index (χ0n) is 45.7. The Morgan fingerprint density at radius 1 is 0.310 bits per heavy atom. The molecule has 0 spiro atoms. The van der Waals surface area contributed by atoms with Gasteiger partial charge >= 0.3 is 17.9 Å². The molecule has 400 valence electrons. The Bertz CT molecular complexity index is 1550. The van der Waals surface area contributed by atoms with Crippen molar-refractivity contribution in [3.8, 4) is 0 Å². The van der Waals surface area contributed by atoms with Gasteiger partial charge in [-0.1, -0.05) is 238 Å². The van der Waals surface area contributed by atoms with Crippen molar-refractivity contribution in [1.82, 2.24) is 0 Å². The number of hydrogen-bond donors (Lipinski definition) is 0. The van der Waals surface area contributed by atoms with Crippen LogP contribution in [-0.4, -0.2) is 37.2 Å². The quantitative estimate of drug-likeness (QED) is 0.0262. The van der Waals surface area contributed by atoms with Crippen molar-refractivity contribution in [2.24, 2.45) is 0 Å². The first-order chi connectivity index (χ1) is 35.0. The molecule has 0 saturated heterocycles. The zero-order valence-corrected chi connectivity index (χ0v) is 45.7. The summed E-state index contributed by atoms with van der Waals surface area (Å²) in [5, 5.41) is 0. The van der Waals surface area contributed by atoms with Crippen LogP contribution in [-0.2, 0) is 28.6 Å². The molecule has 0 aromatic rings. The van der Waals surface area contributed by atoms with Crippen molar-refractivity contribution < 1.29 is 28.6 Å². The number of unbranched alkanes of at least 4 members (excludes halogenated alkanes) is 18. The van der Waals surface area contributed by atoms with E-state index in [-0.39, 0.29) is 31.6 Å². The Morgan fingerprint density at radius 2 is 0.606 bits per heavy atom. The van der Waals surface area contributed by atoms with E-state index in [4.69, 9.17) is 14.2 Å². The molecule has 0 fully saturated rings. The van der Waals surface area contributed by atoms with Crippen LogP contribution < -0.4 is 0 Å². The first-order valence-electron chi connectivity index (χ1n) is 28.7. The maximum atomic E-state index is 12.9. The second kappa shape index (κ2) is 58.1. The molecule has 0 aliphatic rings. The molecule has 71 heavy (non-hydrogen) atoms. The molecule has 0 aliphatic carbocycles. The molecule has 1 atom stereocenters. The molecule has 6 nitrogen and oxygen atoms in total. The summed E-state index contributed by atoms with van der Waals surface area (Å²) < 4.78 is 16.8. The molecule has 0 aromatic heterocycles. The van der Waals surface area contributed by atoms with E-state index in [1.807, 2.05) is 6.08 Å². The highest BCUT2D eigenvalue weighted by molar-refractivity contribution is 5.72. The van der Waals surface area contributed by atoms with Gasteiger partial charge < -0.3 is 14.2 Å². The van der Waals surface area contributed by atoms with Gasteiger partial charge in [-0.15, -0.1) is 0 Å². The van der Waals surface area contributed by atoms with Crippen LogP contribution in [0.3, 0.4) is 0 Å². The van der Waals surface area contributed by atoms with Gasteiger partial charge in [0.15, 0.2) is 6.10 Å². The van der Waals surface area contributed by atoms with Crippen LogP contribution in [0.15, 0.2) is 134 Å². The van der Waals surface area contributed by atoms with Crippen LogP contribution in [0.1, 0.15) is 239 Å². The number of carbonyl (C=O) groups is 3. The Kier molecular flexibility index (Phi) is 54.5. The lowest BCUT2D eigenvalue weighted by Gasteiger charge is -2.18. The fraction of sp³-hybridized carbons (Fsp3) is 0.615. The van der Waals surface area contributed by atoms with Gasteiger partial charge in [-0.25, -0.2) is 0 Å². The van der Waals surface area contributed by atoms with Crippen molar-refractivity contribution in [3.05, 3.63) is 134 Å². The minimum atomic E-state index is -0.831. The lowest BCUT2D eigenvalue weighted by Crippen LogP contribution is -2.30. The molecule has 0 bridgehead atoms. The Hall–Kier alpha value is -4.45. The number of carbonyl (C=O) groups excluding carboxylic acids is 3. The van der Waals surface area contributed by atoms with Crippen molar-refractivity contribution in [3.63, 3.8) is 0 Å². The maximum Gasteiger partial charge on any atom is 0.309 e. The van der Waals surface area contributed by atoms with Gasteiger partial charge in [0, 0.05) is 12.8 Å². The predicted molar refractivity (Wildman–Crippen MR) is 306 cm³/mol. The molecular formula is C65H104O6. The van der Waals surface area contributed by atoms with E-state index in [9.17, 15) is 14.4 Å². The molecule has 1 unspecified atom stereocenters. The zero-order chi connectivity index (χ0) is 51.4. The molecule has 0 N–H and O–H groups in total.